The SMILES string of the molecule is Cc1cccc(-n2cc(C(=O)N(C)C(C)C(=O)O)nn2)c1. The van der Waals surface area contributed by atoms with Gasteiger partial charge in [0.05, 0.1) is 11.9 Å². The third-order valence-corrected chi connectivity index (χ3v) is 3.24. The van der Waals surface area contributed by atoms with Crippen molar-refractivity contribution in [2.75, 3.05) is 7.05 Å². The molecule has 2 rings (SSSR count). The standard InChI is InChI=1S/C14H16N4O3/c1-9-5-4-6-11(7-9)18-8-12(15-16-18)13(19)17(3)10(2)14(20)21/h4-8,10H,1-3H3,(H,20,21). The molecule has 0 aliphatic rings. The predicted octanol–water partition coefficient (Wildman–Crippen LogP) is 1.12. The summed E-state index contributed by atoms with van der Waals surface area (Å²) in [5.41, 5.74) is 1.95. The molecule has 0 radical (unpaired) electrons. The van der Waals surface area contributed by atoms with Gasteiger partial charge in [-0.15, -0.1) is 5.10 Å². The first-order valence-electron chi connectivity index (χ1n) is 6.39. The second kappa shape index (κ2) is 5.74. The molecule has 21 heavy (non-hydrogen) atoms. The van der Waals surface area contributed by atoms with Gasteiger partial charge in [-0.3, -0.25) is 4.79 Å². The van der Waals surface area contributed by atoms with Crippen molar-refractivity contribution in [3.63, 3.8) is 0 Å². The van der Waals surface area contributed by atoms with E-state index in [-0.39, 0.29) is 5.69 Å². The molecule has 110 valence electrons. The number of hydrogen-bond acceptors (Lipinski definition) is 4. The number of carbonyl (C=O) groups is 2. The Labute approximate surface area is 121 Å². The van der Waals surface area contributed by atoms with Crippen LogP contribution in [-0.4, -0.2) is 50.0 Å². The molecular weight excluding hydrogens is 272 g/mol. The Kier molecular flexibility index (Phi) is 4.02. The number of nitrogens with zero attached hydrogens (tertiary/aromatic N) is 4. The summed E-state index contributed by atoms with van der Waals surface area (Å²) in [5.74, 6) is -1.55. The van der Waals surface area contributed by atoms with Crippen LogP contribution in [0.15, 0.2) is 30.5 Å². The number of aromatic nitrogens is 3. The quantitative estimate of drug-likeness (QED) is 0.910. The summed E-state index contributed by atoms with van der Waals surface area (Å²) in [6.07, 6.45) is 1.49. The van der Waals surface area contributed by atoms with Crippen molar-refractivity contribution in [1.82, 2.24) is 19.9 Å². The molecule has 0 saturated carbocycles. The van der Waals surface area contributed by atoms with E-state index in [4.69, 9.17) is 5.11 Å². The molecule has 7 heteroatoms. The fourth-order valence-corrected chi connectivity index (χ4v) is 1.78. The van der Waals surface area contributed by atoms with E-state index in [1.807, 2.05) is 31.2 Å². The number of hydrogen-bond donors (Lipinski definition) is 1. The maximum Gasteiger partial charge on any atom is 0.326 e. The minimum atomic E-state index is -1.07. The topological polar surface area (TPSA) is 88.3 Å². The number of likely N-dealkylation sites (N-methyl/N-ethyl adjacent to an activating group) is 1. The Bertz CT molecular complexity index is 680. The lowest BCUT2D eigenvalue weighted by atomic mass is 10.2. The number of aryl methyl sites for hydroxylation is 1. The summed E-state index contributed by atoms with van der Waals surface area (Å²) >= 11 is 0. The van der Waals surface area contributed by atoms with E-state index >= 15 is 0 Å². The van der Waals surface area contributed by atoms with Crippen LogP contribution < -0.4 is 0 Å². The molecule has 0 aliphatic heterocycles. The van der Waals surface area contributed by atoms with Crippen LogP contribution in [0.4, 0.5) is 0 Å². The fourth-order valence-electron chi connectivity index (χ4n) is 1.78. The number of carboxylic acids is 1. The van der Waals surface area contributed by atoms with Crippen molar-refractivity contribution in [2.45, 2.75) is 19.9 Å². The second-order valence-corrected chi connectivity index (χ2v) is 4.82. The van der Waals surface area contributed by atoms with Gasteiger partial charge in [0, 0.05) is 7.05 Å². The van der Waals surface area contributed by atoms with Crippen LogP contribution in [0.3, 0.4) is 0 Å². The molecule has 0 bridgehead atoms. The largest absolute Gasteiger partial charge is 0.480 e. The van der Waals surface area contributed by atoms with Crippen LogP contribution in [-0.2, 0) is 4.79 Å². The highest BCUT2D eigenvalue weighted by Gasteiger charge is 2.24. The summed E-state index contributed by atoms with van der Waals surface area (Å²) in [6.45, 7) is 3.39. The normalized spacial score (nSPS) is 12.0. The molecule has 1 heterocycles. The van der Waals surface area contributed by atoms with E-state index in [1.165, 1.54) is 24.9 Å². The lowest BCUT2D eigenvalue weighted by Gasteiger charge is -2.19. The van der Waals surface area contributed by atoms with Crippen LogP contribution in [0.2, 0.25) is 0 Å². The third kappa shape index (κ3) is 3.07. The number of amides is 1. The Morgan fingerprint density at radius 3 is 2.71 bits per heavy atom. The van der Waals surface area contributed by atoms with Crippen LogP contribution in [0, 0.1) is 6.92 Å². The molecule has 1 atom stereocenters. The minimum Gasteiger partial charge on any atom is -0.480 e. The number of carbonyl (C=O) groups excluding carboxylic acids is 1. The molecule has 0 aliphatic carbocycles. The van der Waals surface area contributed by atoms with E-state index in [2.05, 4.69) is 10.3 Å². The van der Waals surface area contributed by atoms with Gasteiger partial charge in [0.1, 0.15) is 6.04 Å². The number of carboxylic acid groups (broad SMARTS) is 1. The van der Waals surface area contributed by atoms with Gasteiger partial charge in [-0.2, -0.15) is 0 Å². The number of aliphatic carboxylic acids is 1. The Hall–Kier alpha value is -2.70. The van der Waals surface area contributed by atoms with Crippen molar-refractivity contribution in [3.8, 4) is 5.69 Å². The number of rotatable bonds is 4. The average molecular weight is 288 g/mol. The molecule has 0 spiro atoms. The molecule has 1 unspecified atom stereocenters. The minimum absolute atomic E-state index is 0.104. The predicted molar refractivity (Wildman–Crippen MR) is 75.3 cm³/mol. The van der Waals surface area contributed by atoms with E-state index in [9.17, 15) is 9.59 Å². The van der Waals surface area contributed by atoms with Crippen molar-refractivity contribution in [2.24, 2.45) is 0 Å². The van der Waals surface area contributed by atoms with Gasteiger partial charge < -0.3 is 10.0 Å². The Morgan fingerprint density at radius 1 is 1.38 bits per heavy atom. The van der Waals surface area contributed by atoms with Crippen molar-refractivity contribution < 1.29 is 14.7 Å². The summed E-state index contributed by atoms with van der Waals surface area (Å²) in [7, 11) is 1.42. The molecular formula is C14H16N4O3. The van der Waals surface area contributed by atoms with Gasteiger partial charge in [-0.05, 0) is 31.5 Å². The first-order chi connectivity index (χ1) is 9.90. The number of benzene rings is 1. The third-order valence-electron chi connectivity index (χ3n) is 3.24. The van der Waals surface area contributed by atoms with E-state index in [0.717, 1.165) is 16.2 Å². The Balaban J connectivity index is 2.24. The molecule has 7 nitrogen and oxygen atoms in total. The van der Waals surface area contributed by atoms with E-state index in [0.29, 0.717) is 0 Å². The van der Waals surface area contributed by atoms with Gasteiger partial charge in [-0.1, -0.05) is 17.3 Å². The highest BCUT2D eigenvalue weighted by atomic mass is 16.4. The lowest BCUT2D eigenvalue weighted by molar-refractivity contribution is -0.141. The fraction of sp³-hybridized carbons (Fsp3) is 0.286. The first-order valence-corrected chi connectivity index (χ1v) is 6.39. The average Bonchev–Trinajstić information content (AvgIpc) is 2.94. The monoisotopic (exact) mass is 288 g/mol. The molecule has 0 fully saturated rings. The molecule has 0 saturated heterocycles. The second-order valence-electron chi connectivity index (χ2n) is 4.82. The van der Waals surface area contributed by atoms with Crippen LogP contribution in [0.1, 0.15) is 23.0 Å². The van der Waals surface area contributed by atoms with Crippen molar-refractivity contribution in [3.05, 3.63) is 41.7 Å². The highest BCUT2D eigenvalue weighted by molar-refractivity contribution is 5.94. The Morgan fingerprint density at radius 2 is 2.10 bits per heavy atom. The summed E-state index contributed by atoms with van der Waals surface area (Å²) in [4.78, 5) is 24.2. The highest BCUT2D eigenvalue weighted by Crippen LogP contribution is 2.10. The smallest absolute Gasteiger partial charge is 0.326 e. The van der Waals surface area contributed by atoms with Gasteiger partial charge >= 0.3 is 5.97 Å². The van der Waals surface area contributed by atoms with Gasteiger partial charge in [-0.25, -0.2) is 9.48 Å². The zero-order valence-electron chi connectivity index (χ0n) is 12.0. The zero-order valence-corrected chi connectivity index (χ0v) is 12.0. The molecule has 1 aromatic heterocycles. The van der Waals surface area contributed by atoms with Gasteiger partial charge in [0.15, 0.2) is 5.69 Å². The van der Waals surface area contributed by atoms with Crippen LogP contribution in [0.5, 0.6) is 0 Å². The van der Waals surface area contributed by atoms with E-state index < -0.39 is 17.9 Å². The maximum atomic E-state index is 12.1. The van der Waals surface area contributed by atoms with Gasteiger partial charge in [0.2, 0.25) is 0 Å². The summed E-state index contributed by atoms with van der Waals surface area (Å²) in [6, 6.07) is 6.66. The van der Waals surface area contributed by atoms with Gasteiger partial charge in [0.25, 0.3) is 5.91 Å². The summed E-state index contributed by atoms with van der Waals surface area (Å²) < 4.78 is 1.49. The molecule has 1 N–H and O–H groups in total. The lowest BCUT2D eigenvalue weighted by Crippen LogP contribution is -2.40. The zero-order chi connectivity index (χ0) is 15.6. The molecule has 2 aromatic rings. The van der Waals surface area contributed by atoms with E-state index in [1.54, 1.807) is 0 Å². The van der Waals surface area contributed by atoms with Crippen molar-refractivity contribution >= 4 is 11.9 Å². The maximum absolute atomic E-state index is 12.1. The van der Waals surface area contributed by atoms with Crippen molar-refractivity contribution in [1.29, 1.82) is 0 Å². The first kappa shape index (κ1) is 14.7. The van der Waals surface area contributed by atoms with Crippen LogP contribution >= 0.6 is 0 Å². The molecule has 1 aromatic carbocycles. The summed E-state index contributed by atoms with van der Waals surface area (Å²) in [5, 5.41) is 16.6. The van der Waals surface area contributed by atoms with Crippen LogP contribution in [0.25, 0.3) is 5.69 Å². The molecule has 1 amide bonds.